The van der Waals surface area contributed by atoms with E-state index in [0.29, 0.717) is 50.4 Å². The number of hydrogen-bond acceptors (Lipinski definition) is 17. The van der Waals surface area contributed by atoms with Crippen LogP contribution in [0.5, 0.6) is 5.75 Å². The van der Waals surface area contributed by atoms with Gasteiger partial charge in [0.25, 0.3) is 5.91 Å². The Labute approximate surface area is 446 Å². The predicted molar refractivity (Wildman–Crippen MR) is 284 cm³/mol. The first kappa shape index (κ1) is 60.7. The van der Waals surface area contributed by atoms with E-state index in [9.17, 15) is 35.1 Å². The van der Waals surface area contributed by atoms with Gasteiger partial charge in [-0.3, -0.25) is 9.59 Å². The summed E-state index contributed by atoms with van der Waals surface area (Å²) < 4.78 is 44.4. The number of carbonyl (C=O) groups excluding carboxylic acids is 2. The molecule has 2 aromatic rings. The largest absolute Gasteiger partial charge is 0.494 e. The van der Waals surface area contributed by atoms with Crippen molar-refractivity contribution in [2.24, 2.45) is 17.8 Å². The van der Waals surface area contributed by atoms with Gasteiger partial charge in [-0.2, -0.15) is 0 Å². The molecule has 3 fully saturated rings. The van der Waals surface area contributed by atoms with Crippen LogP contribution in [0.3, 0.4) is 0 Å². The first-order valence-corrected chi connectivity index (χ1v) is 27.4. The number of anilines is 1. The lowest BCUT2D eigenvalue weighted by atomic mass is 9.77. The van der Waals surface area contributed by atoms with E-state index in [0.717, 1.165) is 19.5 Å². The summed E-state index contributed by atoms with van der Waals surface area (Å²) in [7, 11) is 5.28. The number of benzene rings is 2. The molecule has 424 valence electrons. The van der Waals surface area contributed by atoms with E-state index in [1.165, 1.54) is 25.3 Å². The second kappa shape index (κ2) is 26.0. The van der Waals surface area contributed by atoms with Crippen LogP contribution in [0.4, 0.5) is 5.69 Å². The van der Waals surface area contributed by atoms with Gasteiger partial charge in [0.15, 0.2) is 12.6 Å². The molecule has 3 saturated heterocycles. The fourth-order valence-electron chi connectivity index (χ4n) is 12.1. The third kappa shape index (κ3) is 14.6. The Morgan fingerprint density at radius 1 is 0.933 bits per heavy atom. The lowest BCUT2D eigenvalue weighted by molar-refractivity contribution is -0.318. The summed E-state index contributed by atoms with van der Waals surface area (Å²) in [6, 6.07) is 14.5. The highest BCUT2D eigenvalue weighted by Crippen LogP contribution is 2.40. The molecule has 4 heterocycles. The number of para-hydroxylation sites is 1. The van der Waals surface area contributed by atoms with Gasteiger partial charge in [0.1, 0.15) is 35.8 Å². The number of methoxy groups -OCH3 is 1. The summed E-state index contributed by atoms with van der Waals surface area (Å²) in [5.74, 6) is -2.28. The summed E-state index contributed by atoms with van der Waals surface area (Å²) in [5.41, 5.74) is -1.41. The summed E-state index contributed by atoms with van der Waals surface area (Å²) in [6.07, 6.45) is -7.39. The normalized spacial score (nSPS) is 38.6. The zero-order valence-corrected chi connectivity index (χ0v) is 47.0. The first-order chi connectivity index (χ1) is 35.3. The molecule has 6 rings (SSSR count). The number of amides is 1. The number of esters is 1. The maximum absolute atomic E-state index is 14.5. The van der Waals surface area contributed by atoms with Crippen LogP contribution in [0.25, 0.3) is 0 Å². The number of likely N-dealkylation sites (N-methyl/N-ethyl adjacent to an activating group) is 2. The number of aliphatic hydroxyl groups is 5. The molecule has 0 saturated carbocycles. The Balaban J connectivity index is 1.16. The van der Waals surface area contributed by atoms with Gasteiger partial charge in [-0.15, -0.1) is 0 Å². The van der Waals surface area contributed by atoms with Crippen LogP contribution in [0.15, 0.2) is 48.5 Å². The molecule has 18 heteroatoms. The fourth-order valence-corrected chi connectivity index (χ4v) is 12.1. The fraction of sp³-hybridized carbons (Fsp3) is 0.754. The summed E-state index contributed by atoms with van der Waals surface area (Å²) in [4.78, 5) is 33.7. The van der Waals surface area contributed by atoms with E-state index >= 15 is 0 Å². The van der Waals surface area contributed by atoms with E-state index in [1.807, 2.05) is 45.8 Å². The van der Waals surface area contributed by atoms with Gasteiger partial charge < -0.3 is 78.7 Å². The average Bonchev–Trinajstić information content (AvgIpc) is 3.78. The van der Waals surface area contributed by atoms with Crippen LogP contribution >= 0.6 is 0 Å². The number of hydrogen-bond donors (Lipinski definition) is 6. The lowest BCUT2D eigenvalue weighted by Gasteiger charge is -2.49. The summed E-state index contributed by atoms with van der Waals surface area (Å²) in [5, 5.41) is 62.7. The zero-order valence-electron chi connectivity index (χ0n) is 47.0. The molecule has 0 bridgehead atoms. The Morgan fingerprint density at radius 2 is 1.63 bits per heavy atom. The highest BCUT2D eigenvalue weighted by molar-refractivity contribution is 5.94. The third-order valence-corrected chi connectivity index (χ3v) is 16.8. The predicted octanol–water partition coefficient (Wildman–Crippen LogP) is 4.53. The van der Waals surface area contributed by atoms with Crippen LogP contribution in [0.1, 0.15) is 117 Å². The van der Waals surface area contributed by atoms with Crippen molar-refractivity contribution in [2.45, 2.75) is 198 Å². The molecule has 1 amide bonds. The van der Waals surface area contributed by atoms with Crippen molar-refractivity contribution in [1.29, 1.82) is 0 Å². The number of ether oxygens (including phenoxy) is 7. The number of carbonyl (C=O) groups is 2. The van der Waals surface area contributed by atoms with Crippen LogP contribution in [-0.2, 0) is 39.6 Å². The van der Waals surface area contributed by atoms with Crippen molar-refractivity contribution in [2.75, 3.05) is 65.4 Å². The van der Waals surface area contributed by atoms with Crippen molar-refractivity contribution >= 4 is 17.6 Å². The highest BCUT2D eigenvalue weighted by atomic mass is 16.7. The third-order valence-electron chi connectivity index (χ3n) is 16.8. The number of rotatable bonds is 16. The Hall–Kier alpha value is -3.50. The van der Waals surface area contributed by atoms with Gasteiger partial charge in [-0.25, -0.2) is 0 Å². The molecule has 18 nitrogen and oxygen atoms in total. The Kier molecular flexibility index (Phi) is 21.0. The quantitative estimate of drug-likeness (QED) is 0.100. The molecule has 4 aliphatic rings. The van der Waals surface area contributed by atoms with E-state index in [1.54, 1.807) is 65.8 Å². The number of cyclic esters (lactones) is 1. The van der Waals surface area contributed by atoms with Gasteiger partial charge in [0.05, 0.1) is 48.1 Å². The van der Waals surface area contributed by atoms with E-state index < -0.39 is 102 Å². The molecule has 0 aliphatic carbocycles. The van der Waals surface area contributed by atoms with Crippen LogP contribution in [-0.4, -0.2) is 198 Å². The number of nitrogens with zero attached hydrogens (tertiary/aromatic N) is 3. The summed E-state index contributed by atoms with van der Waals surface area (Å²) in [6.45, 7) is 21.2. The molecule has 75 heavy (non-hydrogen) atoms. The maximum Gasteiger partial charge on any atom is 0.311 e. The minimum absolute atomic E-state index is 0.101. The van der Waals surface area contributed by atoms with Crippen LogP contribution in [0.2, 0.25) is 0 Å². The second-order valence-electron chi connectivity index (χ2n) is 23.0. The molecule has 18 atom stereocenters. The first-order valence-electron chi connectivity index (χ1n) is 27.4. The van der Waals surface area contributed by atoms with Gasteiger partial charge >= 0.3 is 5.97 Å². The average molecular weight is 1060 g/mol. The van der Waals surface area contributed by atoms with Crippen LogP contribution in [0, 0.1) is 17.8 Å². The summed E-state index contributed by atoms with van der Waals surface area (Å²) >= 11 is 0. The Morgan fingerprint density at radius 3 is 2.31 bits per heavy atom. The van der Waals surface area contributed by atoms with Crippen molar-refractivity contribution in [3.8, 4) is 5.75 Å². The van der Waals surface area contributed by atoms with E-state index in [2.05, 4.69) is 33.3 Å². The standard InChI is InChI=1S/C57H92N4O14/c1-14-45-57(10,68)49(63)38(6)60(12)33-34(2)31-55(8,67)51(36(4)48(37(5)53(66)73-45)74-46-32-56(9,69-13)50(64)39(7)72-46)75-54-47(62)44(30-35(3)71-54)59(11)26-17-29-70-42-22-20-41(21-23-42)52(65)58-25-28-61-27-24-40-18-15-16-19-43(40)61/h15-16,18-23,34-39,44-51,54,62-64,67-68H,14,17,24-33H2,1-13H3,(H,58,65)/t34-,35-,36+,37-,38-,39+,44+,45-,46+,47-,48+,49-,50+,51-,54+,55-,56-,57-/m1/s1. The topological polar surface area (TPSA) is 222 Å². The molecule has 2 aromatic carbocycles. The molecule has 0 unspecified atom stereocenters. The lowest BCUT2D eigenvalue weighted by Crippen LogP contribution is -2.61. The zero-order chi connectivity index (χ0) is 55.2. The molecule has 6 N–H and O–H groups in total. The van der Waals surface area contributed by atoms with Crippen molar-refractivity contribution in [1.82, 2.24) is 15.1 Å². The monoisotopic (exact) mass is 1060 g/mol. The molecule has 0 spiro atoms. The highest BCUT2D eigenvalue weighted by Gasteiger charge is 2.53. The van der Waals surface area contributed by atoms with E-state index in [-0.39, 0.29) is 37.2 Å². The molecule has 0 radical (unpaired) electrons. The van der Waals surface area contributed by atoms with E-state index in [4.69, 9.17) is 33.2 Å². The number of aliphatic hydroxyl groups excluding tert-OH is 3. The van der Waals surface area contributed by atoms with Crippen molar-refractivity contribution in [3.63, 3.8) is 0 Å². The van der Waals surface area contributed by atoms with Crippen LogP contribution < -0.4 is 15.0 Å². The van der Waals surface area contributed by atoms with Gasteiger partial charge in [0.2, 0.25) is 0 Å². The molecule has 0 aromatic heterocycles. The number of nitrogens with one attached hydrogen (secondary N) is 1. The maximum atomic E-state index is 14.5. The molecule has 4 aliphatic heterocycles. The SMILES string of the molecule is CC[C@H]1OC(=O)[C@H](C)[C@@H](O[C@H]2C[C@@](C)(OC)[C@@H](O)[C@H](C)O2)[C@H](C)[C@@H](O[C@@H]2O[C@H](C)C[C@H](N(C)CCCOc3ccc(C(=O)NCCN4CCc5ccccc54)cc3)[C@H]2O)[C@](C)(O)C[C@@H](C)CN(C)[C@H](C)[C@@H](O)[C@]1(C)O. The van der Waals surface area contributed by atoms with Crippen molar-refractivity contribution < 1.29 is 68.3 Å². The smallest absolute Gasteiger partial charge is 0.311 e. The number of fused-ring (bicyclic) bond motifs is 1. The second-order valence-corrected chi connectivity index (χ2v) is 23.0. The molecular weight excluding hydrogens is 965 g/mol. The van der Waals surface area contributed by atoms with Crippen molar-refractivity contribution in [3.05, 3.63) is 59.7 Å². The minimum atomic E-state index is -1.84. The molecular formula is C57H92N4O14. The Bertz CT molecular complexity index is 2130. The minimum Gasteiger partial charge on any atom is -0.494 e. The van der Waals surface area contributed by atoms with Gasteiger partial charge in [-0.05, 0) is 136 Å². The van der Waals surface area contributed by atoms with Gasteiger partial charge in [-0.1, -0.05) is 39.0 Å². The van der Waals surface area contributed by atoms with Gasteiger partial charge in [0, 0.05) is 75.5 Å².